The Morgan fingerprint density at radius 1 is 1.25 bits per heavy atom. The van der Waals surface area contributed by atoms with Crippen LogP contribution in [0.2, 0.25) is 0 Å². The van der Waals surface area contributed by atoms with Crippen LogP contribution in [0.5, 0.6) is 0 Å². The molecule has 0 aliphatic heterocycles. The summed E-state index contributed by atoms with van der Waals surface area (Å²) in [5.74, 6) is 5.70. The minimum atomic E-state index is 0.998. The zero-order valence-corrected chi connectivity index (χ0v) is 7.20. The van der Waals surface area contributed by atoms with E-state index in [1.54, 1.807) is 11.0 Å². The van der Waals surface area contributed by atoms with Crippen LogP contribution in [-0.4, -0.2) is 9.66 Å². The molecular formula is C9H11N3. The highest BCUT2D eigenvalue weighted by Gasteiger charge is 2.04. The average Bonchev–Trinajstić information content (AvgIpc) is 2.42. The summed E-state index contributed by atoms with van der Waals surface area (Å²) in [7, 11) is 0. The first-order chi connectivity index (χ1) is 5.70. The molecule has 0 atom stereocenters. The summed E-state index contributed by atoms with van der Waals surface area (Å²) in [5, 5.41) is 0. The second-order valence-corrected chi connectivity index (χ2v) is 3.05. The molecule has 0 unspecified atom stereocenters. The lowest BCUT2D eigenvalue weighted by Crippen LogP contribution is -2.06. The third-order valence-electron chi connectivity index (χ3n) is 2.12. The van der Waals surface area contributed by atoms with Crippen LogP contribution in [0.1, 0.15) is 11.1 Å². The molecule has 1 heterocycles. The maximum Gasteiger partial charge on any atom is 0.115 e. The molecule has 1 aromatic heterocycles. The lowest BCUT2D eigenvalue weighted by atomic mass is 10.1. The Labute approximate surface area is 70.8 Å². The van der Waals surface area contributed by atoms with Gasteiger partial charge in [-0.15, -0.1) is 0 Å². The van der Waals surface area contributed by atoms with Crippen LogP contribution in [0.4, 0.5) is 0 Å². The van der Waals surface area contributed by atoms with E-state index in [9.17, 15) is 0 Å². The van der Waals surface area contributed by atoms with Crippen LogP contribution in [0, 0.1) is 13.8 Å². The van der Waals surface area contributed by atoms with E-state index in [1.165, 1.54) is 5.56 Å². The number of aromatic nitrogens is 2. The minimum Gasteiger partial charge on any atom is -0.338 e. The minimum absolute atomic E-state index is 0.998. The van der Waals surface area contributed by atoms with Gasteiger partial charge in [-0.25, -0.2) is 9.66 Å². The summed E-state index contributed by atoms with van der Waals surface area (Å²) in [4.78, 5) is 4.22. The van der Waals surface area contributed by atoms with Crippen molar-refractivity contribution in [1.29, 1.82) is 0 Å². The van der Waals surface area contributed by atoms with Gasteiger partial charge in [-0.3, -0.25) is 0 Å². The Morgan fingerprint density at radius 2 is 1.92 bits per heavy atom. The maximum absolute atomic E-state index is 5.70. The van der Waals surface area contributed by atoms with Gasteiger partial charge in [0.25, 0.3) is 0 Å². The number of hydrogen-bond donors (Lipinski definition) is 1. The summed E-state index contributed by atoms with van der Waals surface area (Å²) in [6.45, 7) is 4.07. The topological polar surface area (TPSA) is 43.8 Å². The molecule has 2 N–H and O–H groups in total. The van der Waals surface area contributed by atoms with Gasteiger partial charge < -0.3 is 5.84 Å². The highest BCUT2D eigenvalue weighted by atomic mass is 15.3. The molecule has 0 amide bonds. The number of hydrogen-bond acceptors (Lipinski definition) is 2. The summed E-state index contributed by atoms with van der Waals surface area (Å²) < 4.78 is 1.57. The molecule has 1 aromatic carbocycles. The Kier molecular flexibility index (Phi) is 1.33. The van der Waals surface area contributed by atoms with Gasteiger partial charge in [0, 0.05) is 0 Å². The molecule has 2 rings (SSSR count). The SMILES string of the molecule is Cc1ccc(C)c2c1ncn2N. The fraction of sp³-hybridized carbons (Fsp3) is 0.222. The van der Waals surface area contributed by atoms with Crippen molar-refractivity contribution in [2.45, 2.75) is 13.8 Å². The summed E-state index contributed by atoms with van der Waals surface area (Å²) in [6, 6.07) is 4.12. The largest absolute Gasteiger partial charge is 0.338 e. The normalized spacial score (nSPS) is 10.8. The number of fused-ring (bicyclic) bond motifs is 1. The fourth-order valence-corrected chi connectivity index (χ4v) is 1.45. The van der Waals surface area contributed by atoms with Crippen LogP contribution in [0.3, 0.4) is 0 Å². The van der Waals surface area contributed by atoms with E-state index in [2.05, 4.69) is 17.1 Å². The van der Waals surface area contributed by atoms with E-state index < -0.39 is 0 Å². The lowest BCUT2D eigenvalue weighted by Gasteiger charge is -2.00. The molecule has 0 bridgehead atoms. The monoisotopic (exact) mass is 161 g/mol. The predicted molar refractivity (Wildman–Crippen MR) is 49.4 cm³/mol. The summed E-state index contributed by atoms with van der Waals surface area (Å²) >= 11 is 0. The Hall–Kier alpha value is -1.51. The summed E-state index contributed by atoms with van der Waals surface area (Å²) in [6.07, 6.45) is 1.64. The van der Waals surface area contributed by atoms with Crippen LogP contribution < -0.4 is 5.84 Å². The van der Waals surface area contributed by atoms with Crippen molar-refractivity contribution < 1.29 is 0 Å². The summed E-state index contributed by atoms with van der Waals surface area (Å²) in [5.41, 5.74) is 4.35. The van der Waals surface area contributed by atoms with Crippen molar-refractivity contribution in [3.05, 3.63) is 29.6 Å². The van der Waals surface area contributed by atoms with E-state index in [0.717, 1.165) is 16.6 Å². The molecule has 0 saturated heterocycles. The number of nitrogens with zero attached hydrogens (tertiary/aromatic N) is 2. The quantitative estimate of drug-likeness (QED) is 0.593. The molecule has 0 spiro atoms. The molecule has 3 heteroatoms. The van der Waals surface area contributed by atoms with Crippen LogP contribution >= 0.6 is 0 Å². The number of benzene rings is 1. The number of nitrogen functional groups attached to an aromatic ring is 1. The van der Waals surface area contributed by atoms with Gasteiger partial charge in [0.1, 0.15) is 6.33 Å². The molecule has 0 saturated carbocycles. The molecular weight excluding hydrogens is 150 g/mol. The first kappa shape index (κ1) is 7.16. The molecule has 0 aliphatic carbocycles. The molecule has 3 nitrogen and oxygen atoms in total. The van der Waals surface area contributed by atoms with E-state index in [4.69, 9.17) is 5.84 Å². The highest BCUT2D eigenvalue weighted by molar-refractivity contribution is 5.81. The number of imidazole rings is 1. The predicted octanol–water partition coefficient (Wildman–Crippen LogP) is 1.37. The van der Waals surface area contributed by atoms with Crippen molar-refractivity contribution in [3.8, 4) is 0 Å². The molecule has 0 fully saturated rings. The van der Waals surface area contributed by atoms with Crippen molar-refractivity contribution in [2.75, 3.05) is 5.84 Å². The van der Waals surface area contributed by atoms with E-state index in [1.807, 2.05) is 13.8 Å². The maximum atomic E-state index is 5.70. The highest BCUT2D eigenvalue weighted by Crippen LogP contribution is 2.18. The Balaban J connectivity index is 2.98. The zero-order chi connectivity index (χ0) is 8.72. The number of rotatable bonds is 0. The molecule has 0 aliphatic rings. The van der Waals surface area contributed by atoms with Crippen LogP contribution in [0.25, 0.3) is 11.0 Å². The second-order valence-electron chi connectivity index (χ2n) is 3.05. The van der Waals surface area contributed by atoms with Gasteiger partial charge in [-0.2, -0.15) is 0 Å². The first-order valence-corrected chi connectivity index (χ1v) is 3.88. The van der Waals surface area contributed by atoms with Gasteiger partial charge in [-0.1, -0.05) is 12.1 Å². The Bertz CT molecular complexity index is 429. The molecule has 0 radical (unpaired) electrons. The van der Waals surface area contributed by atoms with E-state index in [0.29, 0.717) is 0 Å². The van der Waals surface area contributed by atoms with Gasteiger partial charge in [0.2, 0.25) is 0 Å². The van der Waals surface area contributed by atoms with Gasteiger partial charge >= 0.3 is 0 Å². The molecule has 2 aromatic rings. The standard InChI is InChI=1S/C9H11N3/c1-6-3-4-7(2)9-8(6)11-5-12(9)10/h3-5H,10H2,1-2H3. The van der Waals surface area contributed by atoms with E-state index in [-0.39, 0.29) is 0 Å². The van der Waals surface area contributed by atoms with Crippen molar-refractivity contribution in [3.63, 3.8) is 0 Å². The third kappa shape index (κ3) is 0.794. The number of nitrogens with two attached hydrogens (primary N) is 1. The van der Waals surface area contributed by atoms with Crippen molar-refractivity contribution >= 4 is 11.0 Å². The van der Waals surface area contributed by atoms with Crippen molar-refractivity contribution in [1.82, 2.24) is 9.66 Å². The van der Waals surface area contributed by atoms with Crippen molar-refractivity contribution in [2.24, 2.45) is 0 Å². The zero-order valence-electron chi connectivity index (χ0n) is 7.20. The second kappa shape index (κ2) is 2.24. The fourth-order valence-electron chi connectivity index (χ4n) is 1.45. The number of aryl methyl sites for hydroxylation is 2. The first-order valence-electron chi connectivity index (χ1n) is 3.88. The third-order valence-corrected chi connectivity index (χ3v) is 2.12. The van der Waals surface area contributed by atoms with Gasteiger partial charge in [0.05, 0.1) is 11.0 Å². The lowest BCUT2D eigenvalue weighted by molar-refractivity contribution is 1.03. The van der Waals surface area contributed by atoms with Crippen LogP contribution in [0.15, 0.2) is 18.5 Å². The van der Waals surface area contributed by atoms with Gasteiger partial charge in [-0.05, 0) is 25.0 Å². The molecule has 12 heavy (non-hydrogen) atoms. The Morgan fingerprint density at radius 3 is 2.58 bits per heavy atom. The van der Waals surface area contributed by atoms with E-state index >= 15 is 0 Å². The van der Waals surface area contributed by atoms with Gasteiger partial charge in [0.15, 0.2) is 0 Å². The van der Waals surface area contributed by atoms with Crippen LogP contribution in [-0.2, 0) is 0 Å². The smallest absolute Gasteiger partial charge is 0.115 e. The average molecular weight is 161 g/mol. The molecule has 62 valence electrons.